The van der Waals surface area contributed by atoms with Crippen molar-refractivity contribution in [3.63, 3.8) is 0 Å². The molecule has 2 aromatic carbocycles. The molecule has 4 rings (SSSR count). The average molecular weight is 348 g/mol. The van der Waals surface area contributed by atoms with E-state index in [9.17, 15) is 9.59 Å². The quantitative estimate of drug-likeness (QED) is 0.911. The van der Waals surface area contributed by atoms with E-state index in [1.807, 2.05) is 47.4 Å². The van der Waals surface area contributed by atoms with E-state index in [1.165, 1.54) is 19.3 Å². The van der Waals surface area contributed by atoms with Crippen molar-refractivity contribution in [1.82, 2.24) is 10.2 Å². The highest BCUT2D eigenvalue weighted by molar-refractivity contribution is 6.09. The monoisotopic (exact) mass is 348 g/mol. The van der Waals surface area contributed by atoms with Crippen LogP contribution in [0.2, 0.25) is 0 Å². The Morgan fingerprint density at radius 1 is 1.00 bits per heavy atom. The van der Waals surface area contributed by atoms with E-state index in [0.29, 0.717) is 24.2 Å². The van der Waals surface area contributed by atoms with Crippen LogP contribution in [0.1, 0.15) is 63.9 Å². The molecule has 1 aliphatic heterocycles. The minimum atomic E-state index is -0.108. The summed E-state index contributed by atoms with van der Waals surface area (Å²) in [6.45, 7) is 1.13. The summed E-state index contributed by atoms with van der Waals surface area (Å²) in [6.07, 6.45) is 5.66. The highest BCUT2D eigenvalue weighted by Gasteiger charge is 2.32. The Labute approximate surface area is 154 Å². The summed E-state index contributed by atoms with van der Waals surface area (Å²) in [4.78, 5) is 27.6. The molecule has 0 aromatic heterocycles. The highest BCUT2D eigenvalue weighted by Crippen LogP contribution is 2.28. The summed E-state index contributed by atoms with van der Waals surface area (Å²) in [6, 6.07) is 15.8. The second-order valence-electron chi connectivity index (χ2n) is 7.29. The Morgan fingerprint density at radius 3 is 2.54 bits per heavy atom. The van der Waals surface area contributed by atoms with Gasteiger partial charge >= 0.3 is 0 Å². The van der Waals surface area contributed by atoms with Crippen LogP contribution in [0.3, 0.4) is 0 Å². The fourth-order valence-corrected chi connectivity index (χ4v) is 4.05. The molecule has 0 spiro atoms. The van der Waals surface area contributed by atoms with Crippen molar-refractivity contribution in [2.45, 2.75) is 51.2 Å². The number of amides is 2. The summed E-state index contributed by atoms with van der Waals surface area (Å²) >= 11 is 0. The van der Waals surface area contributed by atoms with Crippen LogP contribution in [0.25, 0.3) is 0 Å². The van der Waals surface area contributed by atoms with Gasteiger partial charge in [0.25, 0.3) is 11.8 Å². The van der Waals surface area contributed by atoms with Crippen LogP contribution in [0.4, 0.5) is 0 Å². The van der Waals surface area contributed by atoms with Crippen molar-refractivity contribution in [2.24, 2.45) is 0 Å². The molecule has 2 amide bonds. The van der Waals surface area contributed by atoms with E-state index < -0.39 is 0 Å². The summed E-state index contributed by atoms with van der Waals surface area (Å²) < 4.78 is 0. The minimum Gasteiger partial charge on any atom is -0.349 e. The maximum Gasteiger partial charge on any atom is 0.255 e. The Bertz CT molecular complexity index is 810. The lowest BCUT2D eigenvalue weighted by atomic mass is 9.94. The fourth-order valence-electron chi connectivity index (χ4n) is 4.05. The largest absolute Gasteiger partial charge is 0.349 e. The Hall–Kier alpha value is -2.62. The van der Waals surface area contributed by atoms with Gasteiger partial charge in [-0.25, -0.2) is 0 Å². The van der Waals surface area contributed by atoms with Crippen LogP contribution >= 0.6 is 0 Å². The number of hydrogen-bond donors (Lipinski definition) is 1. The second kappa shape index (κ2) is 7.32. The summed E-state index contributed by atoms with van der Waals surface area (Å²) in [5.74, 6) is -0.151. The Morgan fingerprint density at radius 2 is 1.77 bits per heavy atom. The molecule has 0 unspecified atom stereocenters. The Balaban J connectivity index is 1.53. The van der Waals surface area contributed by atoms with Gasteiger partial charge in [0.2, 0.25) is 0 Å². The number of fused-ring (bicyclic) bond motifs is 1. The van der Waals surface area contributed by atoms with Crippen LogP contribution < -0.4 is 5.32 Å². The molecule has 134 valence electrons. The Kier molecular flexibility index (Phi) is 4.74. The van der Waals surface area contributed by atoms with Crippen LogP contribution in [0, 0.1) is 0 Å². The van der Waals surface area contributed by atoms with Gasteiger partial charge in [-0.3, -0.25) is 9.59 Å². The lowest BCUT2D eigenvalue weighted by Crippen LogP contribution is -2.37. The van der Waals surface area contributed by atoms with Crippen molar-refractivity contribution in [3.05, 3.63) is 70.8 Å². The molecule has 4 nitrogen and oxygen atoms in total. The van der Waals surface area contributed by atoms with Gasteiger partial charge in [-0.1, -0.05) is 61.7 Å². The summed E-state index contributed by atoms with van der Waals surface area (Å²) in [7, 11) is 0. The van der Waals surface area contributed by atoms with Crippen molar-refractivity contribution in [1.29, 1.82) is 0 Å². The molecule has 1 fully saturated rings. The zero-order valence-corrected chi connectivity index (χ0v) is 14.9. The number of hydrogen-bond acceptors (Lipinski definition) is 2. The van der Waals surface area contributed by atoms with E-state index in [4.69, 9.17) is 0 Å². The smallest absolute Gasteiger partial charge is 0.255 e. The van der Waals surface area contributed by atoms with Gasteiger partial charge in [0.05, 0.1) is 11.1 Å². The lowest BCUT2D eigenvalue weighted by molar-refractivity contribution is 0.0760. The third-order valence-electron chi connectivity index (χ3n) is 5.41. The van der Waals surface area contributed by atoms with E-state index in [-0.39, 0.29) is 17.9 Å². The third-order valence-corrected chi connectivity index (χ3v) is 5.41. The maximum atomic E-state index is 13.0. The first-order valence-corrected chi connectivity index (χ1v) is 9.48. The van der Waals surface area contributed by atoms with Crippen molar-refractivity contribution in [3.8, 4) is 0 Å². The van der Waals surface area contributed by atoms with E-state index in [1.54, 1.807) is 6.07 Å². The second-order valence-corrected chi connectivity index (χ2v) is 7.29. The molecule has 2 aliphatic rings. The summed E-state index contributed by atoms with van der Waals surface area (Å²) in [5.41, 5.74) is 3.15. The number of benzene rings is 2. The number of nitrogens with one attached hydrogen (secondary N) is 1. The third kappa shape index (κ3) is 3.36. The molecule has 0 radical (unpaired) electrons. The average Bonchev–Trinajstić information content (AvgIpc) is 2.99. The standard InChI is InChI=1S/C22H24N2O2/c25-21(23-18-11-5-2-6-12-18)19-13-7-10-17-15-24(22(26)20(17)19)14-16-8-3-1-4-9-16/h1,3-4,7-10,13,18H,2,5-6,11-12,14-15H2,(H,23,25). The van der Waals surface area contributed by atoms with Crippen molar-refractivity contribution in [2.75, 3.05) is 0 Å². The van der Waals surface area contributed by atoms with Crippen molar-refractivity contribution >= 4 is 11.8 Å². The minimum absolute atomic E-state index is 0.0433. The van der Waals surface area contributed by atoms with Gasteiger partial charge in [0, 0.05) is 19.1 Å². The first kappa shape index (κ1) is 16.8. The van der Waals surface area contributed by atoms with Gasteiger partial charge in [0.15, 0.2) is 0 Å². The fraction of sp³-hybridized carbons (Fsp3) is 0.364. The highest BCUT2D eigenvalue weighted by atomic mass is 16.2. The molecule has 1 aliphatic carbocycles. The van der Waals surface area contributed by atoms with Gasteiger partial charge in [-0.2, -0.15) is 0 Å². The molecule has 26 heavy (non-hydrogen) atoms. The first-order valence-electron chi connectivity index (χ1n) is 9.48. The SMILES string of the molecule is O=C(NC1CCCCC1)c1cccc2c1C(=O)N(Cc1ccccc1)C2. The topological polar surface area (TPSA) is 49.4 Å². The molecule has 0 saturated heterocycles. The van der Waals surface area contributed by atoms with Crippen LogP contribution in [-0.2, 0) is 13.1 Å². The molecule has 0 bridgehead atoms. The van der Waals surface area contributed by atoms with Crippen molar-refractivity contribution < 1.29 is 9.59 Å². The summed E-state index contributed by atoms with van der Waals surface area (Å²) in [5, 5.41) is 3.14. The molecular formula is C22H24N2O2. The lowest BCUT2D eigenvalue weighted by Gasteiger charge is -2.23. The van der Waals surface area contributed by atoms with Gasteiger partial charge in [-0.15, -0.1) is 0 Å². The first-order chi connectivity index (χ1) is 12.7. The van der Waals surface area contributed by atoms with Crippen LogP contribution in [0.5, 0.6) is 0 Å². The molecule has 1 heterocycles. The normalized spacial score (nSPS) is 17.2. The molecule has 1 saturated carbocycles. The predicted octanol–water partition coefficient (Wildman–Crippen LogP) is 3.91. The predicted molar refractivity (Wildman–Crippen MR) is 101 cm³/mol. The maximum absolute atomic E-state index is 13.0. The number of carbonyl (C=O) groups excluding carboxylic acids is 2. The van der Waals surface area contributed by atoms with Gasteiger partial charge in [0.1, 0.15) is 0 Å². The zero-order chi connectivity index (χ0) is 17.9. The molecule has 1 N–H and O–H groups in total. The molecule has 0 atom stereocenters. The van der Waals surface area contributed by atoms with E-state index in [0.717, 1.165) is 24.0 Å². The number of nitrogens with zero attached hydrogens (tertiary/aromatic N) is 1. The van der Waals surface area contributed by atoms with Gasteiger partial charge in [-0.05, 0) is 30.0 Å². The zero-order valence-electron chi connectivity index (χ0n) is 14.9. The van der Waals surface area contributed by atoms with Crippen LogP contribution in [-0.4, -0.2) is 22.8 Å². The van der Waals surface area contributed by atoms with E-state index >= 15 is 0 Å². The number of rotatable bonds is 4. The molecule has 2 aromatic rings. The molecule has 4 heteroatoms. The van der Waals surface area contributed by atoms with E-state index in [2.05, 4.69) is 5.32 Å². The van der Waals surface area contributed by atoms with Crippen LogP contribution in [0.15, 0.2) is 48.5 Å². The molecular weight excluding hydrogens is 324 g/mol. The number of carbonyl (C=O) groups is 2. The van der Waals surface area contributed by atoms with Gasteiger partial charge < -0.3 is 10.2 Å².